The van der Waals surface area contributed by atoms with E-state index in [1.807, 2.05) is 0 Å². The molecule has 5 heteroatoms. The van der Waals surface area contributed by atoms with Gasteiger partial charge in [0.15, 0.2) is 11.0 Å². The van der Waals surface area contributed by atoms with E-state index in [2.05, 4.69) is 20.7 Å². The van der Waals surface area contributed by atoms with Crippen LogP contribution in [0.3, 0.4) is 0 Å². The molecule has 0 atom stereocenters. The minimum absolute atomic E-state index is 0.541. The van der Waals surface area contributed by atoms with E-state index in [-0.39, 0.29) is 0 Å². The number of hydrogen-bond donors (Lipinski definition) is 0. The smallest absolute Gasteiger partial charge is 0.187 e. The largest absolute Gasteiger partial charge is 0.353 e. The topological polar surface area (TPSA) is 29.0 Å². The van der Waals surface area contributed by atoms with Gasteiger partial charge in [-0.05, 0) is 12.8 Å². The van der Waals surface area contributed by atoms with Gasteiger partial charge >= 0.3 is 0 Å². The maximum absolute atomic E-state index is 5.91. The van der Waals surface area contributed by atoms with Crippen molar-refractivity contribution in [3.05, 3.63) is 5.15 Å². The lowest BCUT2D eigenvalue weighted by Gasteiger charge is -2.23. The number of anilines is 1. The zero-order chi connectivity index (χ0) is 9.26. The van der Waals surface area contributed by atoms with Crippen molar-refractivity contribution in [2.45, 2.75) is 31.7 Å². The molecule has 0 spiro atoms. The Hall–Kier alpha value is -0.350. The predicted molar refractivity (Wildman–Crippen MR) is 55.6 cm³/mol. The van der Waals surface area contributed by atoms with E-state index in [1.165, 1.54) is 37.4 Å². The third-order valence-corrected chi connectivity index (χ3v) is 3.51. The Balaban J connectivity index is 2.12. The highest BCUT2D eigenvalue weighted by Gasteiger charge is 2.23. The number of halogens is 1. The second-order valence-electron chi connectivity index (χ2n) is 3.43. The molecule has 0 aliphatic heterocycles. The van der Waals surface area contributed by atoms with Gasteiger partial charge in [0, 0.05) is 13.1 Å². The molecule has 13 heavy (non-hydrogen) atoms. The molecule has 1 aliphatic rings. The van der Waals surface area contributed by atoms with Crippen molar-refractivity contribution in [1.29, 1.82) is 0 Å². The molecule has 1 aromatic heterocycles. The van der Waals surface area contributed by atoms with Crippen LogP contribution in [-0.2, 0) is 0 Å². The Morgan fingerprint density at radius 1 is 1.38 bits per heavy atom. The van der Waals surface area contributed by atoms with Crippen LogP contribution >= 0.6 is 23.3 Å². The van der Waals surface area contributed by atoms with Crippen molar-refractivity contribution in [3.63, 3.8) is 0 Å². The highest BCUT2D eigenvalue weighted by atomic mass is 35.5. The van der Waals surface area contributed by atoms with E-state index in [4.69, 9.17) is 11.6 Å². The minimum Gasteiger partial charge on any atom is -0.353 e. The van der Waals surface area contributed by atoms with E-state index >= 15 is 0 Å². The normalized spacial score (nSPS) is 18.0. The lowest BCUT2D eigenvalue weighted by Crippen LogP contribution is -2.29. The Morgan fingerprint density at radius 2 is 2.08 bits per heavy atom. The van der Waals surface area contributed by atoms with Gasteiger partial charge in [-0.15, -0.1) is 0 Å². The van der Waals surface area contributed by atoms with Crippen LogP contribution in [0, 0.1) is 0 Å². The zero-order valence-electron chi connectivity index (χ0n) is 7.53. The van der Waals surface area contributed by atoms with Crippen molar-refractivity contribution < 1.29 is 0 Å². The lowest BCUT2D eigenvalue weighted by atomic mass is 10.2. The fourth-order valence-corrected chi connectivity index (χ4v) is 2.65. The summed E-state index contributed by atoms with van der Waals surface area (Å²) in [6.45, 7) is 0. The molecule has 0 unspecified atom stereocenters. The van der Waals surface area contributed by atoms with Crippen LogP contribution in [0.4, 0.5) is 5.82 Å². The molecule has 1 aliphatic carbocycles. The van der Waals surface area contributed by atoms with Crippen molar-refractivity contribution in [2.24, 2.45) is 0 Å². The average Bonchev–Trinajstić information content (AvgIpc) is 2.72. The molecule has 0 amide bonds. The summed E-state index contributed by atoms with van der Waals surface area (Å²) in [5.41, 5.74) is 0. The first kappa shape index (κ1) is 9.21. The van der Waals surface area contributed by atoms with E-state index in [0.717, 1.165) is 5.82 Å². The molecule has 1 heterocycles. The van der Waals surface area contributed by atoms with Crippen molar-refractivity contribution in [1.82, 2.24) is 8.75 Å². The van der Waals surface area contributed by atoms with Crippen LogP contribution in [0.2, 0.25) is 5.15 Å². The summed E-state index contributed by atoms with van der Waals surface area (Å²) in [5, 5.41) is 0.541. The standard InChI is InChI=1S/C8H12ClN3S/c1-12(6-4-2-3-5-6)8-7(9)10-13-11-8/h6H,2-5H2,1H3. The van der Waals surface area contributed by atoms with Crippen LogP contribution in [0.25, 0.3) is 0 Å². The molecule has 0 N–H and O–H groups in total. The fourth-order valence-electron chi connectivity index (χ4n) is 1.85. The second-order valence-corrected chi connectivity index (χ2v) is 4.31. The predicted octanol–water partition coefficient (Wildman–Crippen LogP) is 2.57. The maximum atomic E-state index is 5.91. The molecule has 0 radical (unpaired) electrons. The first-order chi connectivity index (χ1) is 6.29. The monoisotopic (exact) mass is 217 g/mol. The van der Waals surface area contributed by atoms with E-state index in [1.54, 1.807) is 0 Å². The molecule has 0 bridgehead atoms. The Labute approximate surface area is 87.0 Å². The van der Waals surface area contributed by atoms with Gasteiger partial charge in [-0.2, -0.15) is 8.75 Å². The Morgan fingerprint density at radius 3 is 2.62 bits per heavy atom. The summed E-state index contributed by atoms with van der Waals surface area (Å²) in [7, 11) is 2.05. The number of nitrogens with zero attached hydrogens (tertiary/aromatic N) is 3. The summed E-state index contributed by atoms with van der Waals surface area (Å²) in [5.74, 6) is 0.846. The van der Waals surface area contributed by atoms with Gasteiger partial charge in [-0.1, -0.05) is 24.4 Å². The van der Waals surface area contributed by atoms with Crippen LogP contribution in [0.1, 0.15) is 25.7 Å². The Bertz CT molecular complexity index is 283. The quantitative estimate of drug-likeness (QED) is 0.763. The minimum atomic E-state index is 0.541. The molecular formula is C8H12ClN3S. The number of hydrogen-bond acceptors (Lipinski definition) is 4. The highest BCUT2D eigenvalue weighted by molar-refractivity contribution is 6.99. The van der Waals surface area contributed by atoms with Crippen molar-refractivity contribution in [3.8, 4) is 0 Å². The van der Waals surface area contributed by atoms with E-state index in [9.17, 15) is 0 Å². The van der Waals surface area contributed by atoms with E-state index in [0.29, 0.717) is 11.2 Å². The number of rotatable bonds is 2. The zero-order valence-corrected chi connectivity index (χ0v) is 9.11. The van der Waals surface area contributed by atoms with Crippen LogP contribution in [-0.4, -0.2) is 21.8 Å². The lowest BCUT2D eigenvalue weighted by molar-refractivity contribution is 0.648. The van der Waals surface area contributed by atoms with Gasteiger partial charge in [0.1, 0.15) is 0 Å². The first-order valence-electron chi connectivity index (χ1n) is 4.50. The number of aromatic nitrogens is 2. The molecule has 1 saturated carbocycles. The fraction of sp³-hybridized carbons (Fsp3) is 0.750. The average molecular weight is 218 g/mol. The summed E-state index contributed by atoms with van der Waals surface area (Å²) in [6, 6.07) is 0.612. The van der Waals surface area contributed by atoms with Gasteiger partial charge < -0.3 is 4.90 Å². The van der Waals surface area contributed by atoms with Gasteiger partial charge in [0.05, 0.1) is 11.7 Å². The molecule has 0 saturated heterocycles. The molecule has 2 rings (SSSR count). The molecule has 1 fully saturated rings. The molecule has 1 aromatic rings. The van der Waals surface area contributed by atoms with Crippen molar-refractivity contribution in [2.75, 3.05) is 11.9 Å². The summed E-state index contributed by atoms with van der Waals surface area (Å²) in [6.07, 6.45) is 5.16. The first-order valence-corrected chi connectivity index (χ1v) is 5.61. The van der Waals surface area contributed by atoms with Gasteiger partial charge in [-0.25, -0.2) is 0 Å². The van der Waals surface area contributed by atoms with Crippen molar-refractivity contribution >= 4 is 29.1 Å². The van der Waals surface area contributed by atoms with Gasteiger partial charge in [-0.3, -0.25) is 0 Å². The third kappa shape index (κ3) is 1.79. The summed E-state index contributed by atoms with van der Waals surface area (Å²) in [4.78, 5) is 2.17. The molecule has 0 aromatic carbocycles. The van der Waals surface area contributed by atoms with Gasteiger partial charge in [0.25, 0.3) is 0 Å². The maximum Gasteiger partial charge on any atom is 0.187 e. The molecule has 3 nitrogen and oxygen atoms in total. The summed E-state index contributed by atoms with van der Waals surface area (Å²) < 4.78 is 8.15. The van der Waals surface area contributed by atoms with E-state index < -0.39 is 0 Å². The molecular weight excluding hydrogens is 206 g/mol. The van der Waals surface area contributed by atoms with Gasteiger partial charge in [0.2, 0.25) is 0 Å². The SMILES string of the molecule is CN(c1nsnc1Cl)C1CCCC1. The van der Waals surface area contributed by atoms with Crippen LogP contribution in [0.15, 0.2) is 0 Å². The highest BCUT2D eigenvalue weighted by Crippen LogP contribution is 2.29. The van der Waals surface area contributed by atoms with Crippen LogP contribution < -0.4 is 4.90 Å². The Kier molecular flexibility index (Phi) is 2.69. The molecule has 72 valence electrons. The third-order valence-electron chi connectivity index (χ3n) is 2.64. The second kappa shape index (κ2) is 3.80. The summed E-state index contributed by atoms with van der Waals surface area (Å²) >= 11 is 7.09. The van der Waals surface area contributed by atoms with Crippen LogP contribution in [0.5, 0.6) is 0 Å².